The van der Waals surface area contributed by atoms with E-state index in [1.165, 1.54) is 6.07 Å². The number of benzene rings is 1. The molecule has 0 spiro atoms. The van der Waals surface area contributed by atoms with Crippen LogP contribution in [0.5, 0.6) is 0 Å². The van der Waals surface area contributed by atoms with Crippen molar-refractivity contribution in [2.75, 3.05) is 11.9 Å². The lowest BCUT2D eigenvalue weighted by molar-refractivity contribution is 0.629. The molecule has 0 aliphatic rings. The summed E-state index contributed by atoms with van der Waals surface area (Å²) in [6, 6.07) is 4.64. The highest BCUT2D eigenvalue weighted by molar-refractivity contribution is 7.80. The first-order chi connectivity index (χ1) is 9.08. The first-order valence-corrected chi connectivity index (χ1v) is 6.15. The minimum Gasteiger partial charge on any atom is -0.389 e. The molecule has 1 aromatic heterocycles. The highest BCUT2D eigenvalue weighted by Gasteiger charge is 2.06. The van der Waals surface area contributed by atoms with E-state index in [1.54, 1.807) is 18.5 Å². The number of aromatic nitrogens is 3. The zero-order valence-corrected chi connectivity index (χ0v) is 11.2. The fourth-order valence-electron chi connectivity index (χ4n) is 1.65. The molecule has 0 aliphatic carbocycles. The largest absolute Gasteiger partial charge is 0.389 e. The molecule has 19 heavy (non-hydrogen) atoms. The second-order valence-corrected chi connectivity index (χ2v) is 4.53. The van der Waals surface area contributed by atoms with Crippen LogP contribution in [-0.2, 0) is 13.5 Å². The van der Waals surface area contributed by atoms with Crippen LogP contribution in [0.15, 0.2) is 24.5 Å². The van der Waals surface area contributed by atoms with E-state index in [9.17, 15) is 4.39 Å². The fraction of sp³-hybridized carbons (Fsp3) is 0.250. The van der Waals surface area contributed by atoms with Gasteiger partial charge in [-0.2, -0.15) is 0 Å². The second kappa shape index (κ2) is 5.75. The number of thiocarbonyl (C=S) groups is 1. The Bertz CT molecular complexity index is 596. The predicted molar refractivity (Wildman–Crippen MR) is 75.5 cm³/mol. The summed E-state index contributed by atoms with van der Waals surface area (Å²) in [4.78, 5) is 0.185. The van der Waals surface area contributed by atoms with Gasteiger partial charge in [-0.25, -0.2) is 4.39 Å². The van der Waals surface area contributed by atoms with Crippen LogP contribution in [0, 0.1) is 5.82 Å². The van der Waals surface area contributed by atoms with E-state index < -0.39 is 0 Å². The van der Waals surface area contributed by atoms with E-state index in [0.29, 0.717) is 24.2 Å². The Morgan fingerprint density at radius 1 is 1.53 bits per heavy atom. The lowest BCUT2D eigenvalue weighted by Gasteiger charge is -2.08. The lowest BCUT2D eigenvalue weighted by atomic mass is 10.2. The van der Waals surface area contributed by atoms with Gasteiger partial charge < -0.3 is 15.6 Å². The van der Waals surface area contributed by atoms with Gasteiger partial charge in [0.15, 0.2) is 0 Å². The van der Waals surface area contributed by atoms with Gasteiger partial charge in [-0.15, -0.1) is 10.2 Å². The maximum Gasteiger partial charge on any atom is 0.146 e. The first kappa shape index (κ1) is 13.4. The van der Waals surface area contributed by atoms with Gasteiger partial charge in [0.2, 0.25) is 0 Å². The number of rotatable bonds is 5. The standard InChI is InChI=1S/C12H14FN5S/c1-18-7-16-17-11(18)4-5-15-10-3-2-8(12(14)19)6-9(10)13/h2-3,6-7,15H,4-5H2,1H3,(H2,14,19). The molecule has 0 saturated heterocycles. The molecule has 0 atom stereocenters. The molecule has 0 fully saturated rings. The van der Waals surface area contributed by atoms with Gasteiger partial charge in [0.25, 0.3) is 0 Å². The number of nitrogens with two attached hydrogens (primary N) is 1. The Labute approximate surface area is 115 Å². The van der Waals surface area contributed by atoms with E-state index in [2.05, 4.69) is 15.5 Å². The van der Waals surface area contributed by atoms with Crippen molar-refractivity contribution in [1.82, 2.24) is 14.8 Å². The van der Waals surface area contributed by atoms with Crippen molar-refractivity contribution < 1.29 is 4.39 Å². The summed E-state index contributed by atoms with van der Waals surface area (Å²) in [5.41, 5.74) is 6.38. The number of hydrogen-bond donors (Lipinski definition) is 2. The quantitative estimate of drug-likeness (QED) is 0.806. The highest BCUT2D eigenvalue weighted by atomic mass is 32.1. The van der Waals surface area contributed by atoms with Crippen LogP contribution >= 0.6 is 12.2 Å². The molecule has 0 saturated carbocycles. The smallest absolute Gasteiger partial charge is 0.146 e. The molecule has 0 unspecified atom stereocenters. The Balaban J connectivity index is 1.96. The van der Waals surface area contributed by atoms with Crippen molar-refractivity contribution in [3.63, 3.8) is 0 Å². The average Bonchev–Trinajstić information content (AvgIpc) is 2.77. The number of nitrogens with one attached hydrogen (secondary N) is 1. The van der Waals surface area contributed by atoms with Crippen molar-refractivity contribution in [3.8, 4) is 0 Å². The molecule has 0 radical (unpaired) electrons. The Hall–Kier alpha value is -2.02. The molecule has 0 amide bonds. The monoisotopic (exact) mass is 279 g/mol. The van der Waals surface area contributed by atoms with Crippen molar-refractivity contribution in [2.24, 2.45) is 12.8 Å². The topological polar surface area (TPSA) is 68.8 Å². The molecular formula is C12H14FN5S. The van der Waals surface area contributed by atoms with Gasteiger partial charge in [0.05, 0.1) is 5.69 Å². The van der Waals surface area contributed by atoms with Crippen LogP contribution < -0.4 is 11.1 Å². The van der Waals surface area contributed by atoms with E-state index in [0.717, 1.165) is 5.82 Å². The van der Waals surface area contributed by atoms with Crippen molar-refractivity contribution in [2.45, 2.75) is 6.42 Å². The average molecular weight is 279 g/mol. The Morgan fingerprint density at radius 2 is 2.32 bits per heavy atom. The van der Waals surface area contributed by atoms with E-state index in [-0.39, 0.29) is 10.8 Å². The summed E-state index contributed by atoms with van der Waals surface area (Å²) in [5.74, 6) is 0.468. The maximum atomic E-state index is 13.7. The van der Waals surface area contributed by atoms with Crippen molar-refractivity contribution in [3.05, 3.63) is 41.7 Å². The zero-order valence-electron chi connectivity index (χ0n) is 10.4. The Kier molecular flexibility index (Phi) is 4.06. The number of nitrogens with zero attached hydrogens (tertiary/aromatic N) is 3. The summed E-state index contributed by atoms with van der Waals surface area (Å²) in [5, 5.41) is 10.7. The van der Waals surface area contributed by atoms with Crippen molar-refractivity contribution in [1.29, 1.82) is 0 Å². The molecule has 2 rings (SSSR count). The van der Waals surface area contributed by atoms with E-state index in [4.69, 9.17) is 18.0 Å². The van der Waals surface area contributed by atoms with Crippen LogP contribution in [0.1, 0.15) is 11.4 Å². The molecule has 1 heterocycles. The van der Waals surface area contributed by atoms with Gasteiger partial charge in [-0.3, -0.25) is 0 Å². The minimum absolute atomic E-state index is 0.185. The van der Waals surface area contributed by atoms with Crippen LogP contribution in [0.2, 0.25) is 0 Å². The van der Waals surface area contributed by atoms with Crippen molar-refractivity contribution >= 4 is 22.9 Å². The fourth-order valence-corrected chi connectivity index (χ4v) is 1.78. The lowest BCUT2D eigenvalue weighted by Crippen LogP contribution is -2.12. The maximum absolute atomic E-state index is 13.7. The number of hydrogen-bond acceptors (Lipinski definition) is 4. The second-order valence-electron chi connectivity index (χ2n) is 4.09. The van der Waals surface area contributed by atoms with E-state index >= 15 is 0 Å². The molecule has 1 aromatic carbocycles. The first-order valence-electron chi connectivity index (χ1n) is 5.74. The molecule has 5 nitrogen and oxygen atoms in total. The molecule has 7 heteroatoms. The number of halogens is 1. The van der Waals surface area contributed by atoms with Crippen LogP contribution in [-0.4, -0.2) is 26.3 Å². The normalized spacial score (nSPS) is 10.4. The molecule has 2 aromatic rings. The summed E-state index contributed by atoms with van der Waals surface area (Å²) < 4.78 is 15.6. The molecule has 100 valence electrons. The third kappa shape index (κ3) is 3.25. The van der Waals surface area contributed by atoms with Gasteiger partial charge >= 0.3 is 0 Å². The number of aryl methyl sites for hydroxylation is 1. The Morgan fingerprint density at radius 3 is 2.89 bits per heavy atom. The SMILES string of the molecule is Cn1cnnc1CCNc1ccc(C(N)=S)cc1F. The van der Waals surface area contributed by atoms with Crippen LogP contribution in [0.25, 0.3) is 0 Å². The van der Waals surface area contributed by atoms with Gasteiger partial charge in [-0.1, -0.05) is 12.2 Å². The molecule has 0 bridgehead atoms. The van der Waals surface area contributed by atoms with Crippen LogP contribution in [0.4, 0.5) is 10.1 Å². The summed E-state index contributed by atoms with van der Waals surface area (Å²) >= 11 is 4.79. The predicted octanol–water partition coefficient (Wildman–Crippen LogP) is 1.24. The summed E-state index contributed by atoms with van der Waals surface area (Å²) in [7, 11) is 1.87. The summed E-state index contributed by atoms with van der Waals surface area (Å²) in [6.07, 6.45) is 2.29. The third-order valence-electron chi connectivity index (χ3n) is 2.72. The highest BCUT2D eigenvalue weighted by Crippen LogP contribution is 2.15. The summed E-state index contributed by atoms with van der Waals surface area (Å²) in [6.45, 7) is 0.565. The number of anilines is 1. The van der Waals surface area contributed by atoms with Gasteiger partial charge in [0.1, 0.15) is 23.0 Å². The van der Waals surface area contributed by atoms with Crippen LogP contribution in [0.3, 0.4) is 0 Å². The molecular weight excluding hydrogens is 265 g/mol. The molecule has 0 aliphatic heterocycles. The van der Waals surface area contributed by atoms with Gasteiger partial charge in [0, 0.05) is 25.6 Å². The zero-order chi connectivity index (χ0) is 13.8. The third-order valence-corrected chi connectivity index (χ3v) is 2.96. The minimum atomic E-state index is -0.372. The van der Waals surface area contributed by atoms with E-state index in [1.807, 2.05) is 11.6 Å². The molecule has 3 N–H and O–H groups in total. The van der Waals surface area contributed by atoms with Gasteiger partial charge in [-0.05, 0) is 18.2 Å².